The van der Waals surface area contributed by atoms with Gasteiger partial charge in [-0.15, -0.1) is 4.91 Å². The average Bonchev–Trinajstić information content (AvgIpc) is 3.11. The molecule has 0 bridgehead atoms. The van der Waals surface area contributed by atoms with Crippen LogP contribution in [0.3, 0.4) is 0 Å². The molecule has 0 aromatic heterocycles. The molecule has 0 N–H and O–H groups in total. The van der Waals surface area contributed by atoms with Crippen LogP contribution >= 0.6 is 0 Å². The number of hydrogen-bond donors (Lipinski definition) is 0. The molecule has 0 atom stereocenters. The third kappa shape index (κ3) is 1.33. The molecule has 0 amide bonds. The van der Waals surface area contributed by atoms with Gasteiger partial charge < -0.3 is 0 Å². The second-order valence-corrected chi connectivity index (χ2v) is 4.09. The normalized spacial score (nSPS) is 15.5. The summed E-state index contributed by atoms with van der Waals surface area (Å²) in [7, 11) is 0. The minimum absolute atomic E-state index is 0.551. The van der Waals surface area contributed by atoms with Crippen molar-refractivity contribution < 1.29 is 0 Å². The number of nitroso groups, excluding NO2 is 1. The van der Waals surface area contributed by atoms with Crippen molar-refractivity contribution >= 4 is 16.5 Å². The number of nitrogens with zero attached hydrogens (tertiary/aromatic N) is 1. The Labute approximate surface area is 87.9 Å². The second-order valence-electron chi connectivity index (χ2n) is 4.09. The predicted molar refractivity (Wildman–Crippen MR) is 61.4 cm³/mol. The molecule has 0 heterocycles. The summed E-state index contributed by atoms with van der Waals surface area (Å²) in [6.45, 7) is 0. The largest absolute Gasteiger partial charge is 0.145 e. The molecule has 1 aliphatic carbocycles. The smallest absolute Gasteiger partial charge is 0.115 e. The summed E-state index contributed by atoms with van der Waals surface area (Å²) in [4.78, 5) is 10.7. The highest BCUT2D eigenvalue weighted by Gasteiger charge is 2.25. The van der Waals surface area contributed by atoms with E-state index in [1.807, 2.05) is 24.3 Å². The molecule has 0 aliphatic heterocycles. The van der Waals surface area contributed by atoms with Crippen molar-refractivity contribution in [3.63, 3.8) is 0 Å². The molecule has 3 rings (SSSR count). The lowest BCUT2D eigenvalue weighted by atomic mass is 10.00. The molecule has 74 valence electrons. The van der Waals surface area contributed by atoms with Crippen LogP contribution in [0.25, 0.3) is 10.8 Å². The van der Waals surface area contributed by atoms with Gasteiger partial charge in [0.15, 0.2) is 0 Å². The molecule has 0 saturated heterocycles. The Bertz CT molecular complexity index is 529. The fourth-order valence-corrected chi connectivity index (χ4v) is 2.14. The maximum atomic E-state index is 10.7. The van der Waals surface area contributed by atoms with Crippen LogP contribution < -0.4 is 0 Å². The summed E-state index contributed by atoms with van der Waals surface area (Å²) in [5.41, 5.74) is 1.92. The van der Waals surface area contributed by atoms with Crippen molar-refractivity contribution in [3.8, 4) is 0 Å². The first kappa shape index (κ1) is 8.60. The molecular weight excluding hydrogens is 186 g/mol. The SMILES string of the molecule is O=Nc1ccc(C2CC2)c2ccccc12. The third-order valence-corrected chi connectivity index (χ3v) is 3.05. The van der Waals surface area contributed by atoms with Gasteiger partial charge in [-0.3, -0.25) is 0 Å². The van der Waals surface area contributed by atoms with Gasteiger partial charge in [0.2, 0.25) is 0 Å². The van der Waals surface area contributed by atoms with Crippen molar-refractivity contribution in [2.24, 2.45) is 5.18 Å². The van der Waals surface area contributed by atoms with Gasteiger partial charge in [0, 0.05) is 5.39 Å². The monoisotopic (exact) mass is 197 g/mol. The van der Waals surface area contributed by atoms with E-state index >= 15 is 0 Å². The number of benzene rings is 2. The molecule has 1 saturated carbocycles. The molecule has 2 aromatic rings. The summed E-state index contributed by atoms with van der Waals surface area (Å²) in [5.74, 6) is 0.704. The molecule has 2 nitrogen and oxygen atoms in total. The molecule has 0 radical (unpaired) electrons. The van der Waals surface area contributed by atoms with Gasteiger partial charge in [0.1, 0.15) is 5.69 Å². The minimum atomic E-state index is 0.551. The van der Waals surface area contributed by atoms with Crippen molar-refractivity contribution in [1.82, 2.24) is 0 Å². The predicted octanol–water partition coefficient (Wildman–Crippen LogP) is 4.12. The summed E-state index contributed by atoms with van der Waals surface area (Å²) in [6, 6.07) is 11.9. The fraction of sp³-hybridized carbons (Fsp3) is 0.231. The molecule has 0 spiro atoms. The first-order chi connectivity index (χ1) is 7.40. The Morgan fingerprint density at radius 2 is 1.73 bits per heavy atom. The van der Waals surface area contributed by atoms with E-state index in [4.69, 9.17) is 0 Å². The molecule has 1 fully saturated rings. The highest BCUT2D eigenvalue weighted by atomic mass is 16.3. The topological polar surface area (TPSA) is 29.4 Å². The van der Waals surface area contributed by atoms with Crippen LogP contribution in [0.2, 0.25) is 0 Å². The van der Waals surface area contributed by atoms with E-state index in [2.05, 4.69) is 17.3 Å². The van der Waals surface area contributed by atoms with Crippen LogP contribution in [0.1, 0.15) is 24.3 Å². The summed E-state index contributed by atoms with van der Waals surface area (Å²) in [6.07, 6.45) is 2.55. The zero-order valence-corrected chi connectivity index (χ0v) is 8.31. The number of hydrogen-bond acceptors (Lipinski definition) is 2. The zero-order valence-electron chi connectivity index (χ0n) is 8.31. The Balaban J connectivity index is 2.35. The van der Waals surface area contributed by atoms with Crippen LogP contribution in [-0.4, -0.2) is 0 Å². The van der Waals surface area contributed by atoms with E-state index < -0.39 is 0 Å². The highest BCUT2D eigenvalue weighted by molar-refractivity contribution is 5.95. The van der Waals surface area contributed by atoms with Crippen LogP contribution in [0.5, 0.6) is 0 Å². The van der Waals surface area contributed by atoms with Gasteiger partial charge in [-0.05, 0) is 41.0 Å². The lowest BCUT2D eigenvalue weighted by Gasteiger charge is -2.05. The molecule has 2 heteroatoms. The zero-order chi connectivity index (χ0) is 10.3. The van der Waals surface area contributed by atoms with E-state index in [0.29, 0.717) is 11.6 Å². The second kappa shape index (κ2) is 3.16. The minimum Gasteiger partial charge on any atom is -0.145 e. The van der Waals surface area contributed by atoms with Crippen LogP contribution in [-0.2, 0) is 0 Å². The number of fused-ring (bicyclic) bond motifs is 1. The van der Waals surface area contributed by atoms with Crippen LogP contribution in [0, 0.1) is 4.91 Å². The Morgan fingerprint density at radius 1 is 1.00 bits per heavy atom. The quantitative estimate of drug-likeness (QED) is 0.666. The maximum Gasteiger partial charge on any atom is 0.115 e. The van der Waals surface area contributed by atoms with Gasteiger partial charge in [0.05, 0.1) is 0 Å². The van der Waals surface area contributed by atoms with E-state index in [0.717, 1.165) is 5.39 Å². The molecule has 1 aliphatic rings. The van der Waals surface area contributed by atoms with Crippen LogP contribution in [0.15, 0.2) is 41.6 Å². The Morgan fingerprint density at radius 3 is 2.40 bits per heavy atom. The summed E-state index contributed by atoms with van der Waals surface area (Å²) in [5, 5.41) is 5.24. The average molecular weight is 197 g/mol. The van der Waals surface area contributed by atoms with Crippen molar-refractivity contribution in [2.75, 3.05) is 0 Å². The maximum absolute atomic E-state index is 10.7. The molecule has 2 aromatic carbocycles. The Hall–Kier alpha value is -1.70. The van der Waals surface area contributed by atoms with E-state index in [1.54, 1.807) is 0 Å². The van der Waals surface area contributed by atoms with E-state index in [-0.39, 0.29) is 0 Å². The molecule has 0 unspecified atom stereocenters. The van der Waals surface area contributed by atoms with Gasteiger partial charge in [-0.2, -0.15) is 0 Å². The van der Waals surface area contributed by atoms with Crippen molar-refractivity contribution in [2.45, 2.75) is 18.8 Å². The molecule has 15 heavy (non-hydrogen) atoms. The summed E-state index contributed by atoms with van der Waals surface area (Å²) >= 11 is 0. The fourth-order valence-electron chi connectivity index (χ4n) is 2.14. The molecular formula is C13H11NO. The van der Waals surface area contributed by atoms with Gasteiger partial charge in [-0.1, -0.05) is 30.3 Å². The first-order valence-electron chi connectivity index (χ1n) is 5.25. The Kier molecular flexibility index (Phi) is 1.81. The standard InChI is InChI=1S/C13H11NO/c15-14-13-8-7-10(9-5-6-9)11-3-1-2-4-12(11)13/h1-4,7-9H,5-6H2. The lowest BCUT2D eigenvalue weighted by Crippen LogP contribution is -1.83. The van der Waals surface area contributed by atoms with Crippen molar-refractivity contribution in [3.05, 3.63) is 46.9 Å². The number of rotatable bonds is 2. The highest BCUT2D eigenvalue weighted by Crippen LogP contribution is 2.44. The van der Waals surface area contributed by atoms with E-state index in [1.165, 1.54) is 23.8 Å². The first-order valence-corrected chi connectivity index (χ1v) is 5.25. The lowest BCUT2D eigenvalue weighted by molar-refractivity contribution is 1.15. The van der Waals surface area contributed by atoms with Crippen molar-refractivity contribution in [1.29, 1.82) is 0 Å². The van der Waals surface area contributed by atoms with Crippen LogP contribution in [0.4, 0.5) is 5.69 Å². The van der Waals surface area contributed by atoms with Gasteiger partial charge in [-0.25, -0.2) is 0 Å². The van der Waals surface area contributed by atoms with E-state index in [9.17, 15) is 4.91 Å². The summed E-state index contributed by atoms with van der Waals surface area (Å²) < 4.78 is 0. The van der Waals surface area contributed by atoms with Gasteiger partial charge in [0.25, 0.3) is 0 Å². The third-order valence-electron chi connectivity index (χ3n) is 3.05. The van der Waals surface area contributed by atoms with Gasteiger partial charge >= 0.3 is 0 Å².